The number of aliphatic hydroxyl groups is 1. The first-order valence-corrected chi connectivity index (χ1v) is 9.13. The second-order valence-electron chi connectivity index (χ2n) is 7.79. The lowest BCUT2D eigenvalue weighted by molar-refractivity contribution is -0.894. The summed E-state index contributed by atoms with van der Waals surface area (Å²) in [6.45, 7) is 2.36. The van der Waals surface area contributed by atoms with Crippen molar-refractivity contribution in [2.24, 2.45) is 0 Å². The zero-order valence-corrected chi connectivity index (χ0v) is 16.3. The number of hydrogen-bond donors (Lipinski definition) is 2. The Morgan fingerprint density at radius 2 is 1.46 bits per heavy atom. The van der Waals surface area contributed by atoms with Crippen LogP contribution in [-0.4, -0.2) is 55.8 Å². The topological polar surface area (TPSA) is 49.3 Å². The Labute approximate surface area is 157 Å². The fourth-order valence-electron chi connectivity index (χ4n) is 3.24. The van der Waals surface area contributed by atoms with Crippen LogP contribution in [0.2, 0.25) is 0 Å². The van der Waals surface area contributed by atoms with Crippen molar-refractivity contribution in [3.8, 4) is 0 Å². The summed E-state index contributed by atoms with van der Waals surface area (Å²) in [4.78, 5) is 13.5. The molecule has 1 atom stereocenters. The van der Waals surface area contributed by atoms with Crippen LogP contribution in [0.25, 0.3) is 0 Å². The molecule has 0 fully saturated rings. The van der Waals surface area contributed by atoms with Gasteiger partial charge in [0, 0.05) is 13.0 Å². The molecule has 0 radical (unpaired) electrons. The summed E-state index contributed by atoms with van der Waals surface area (Å²) in [5, 5.41) is 12.1. The van der Waals surface area contributed by atoms with Gasteiger partial charge in [-0.1, -0.05) is 60.7 Å². The molecular weight excluding hydrogens is 324 g/mol. The number of carbonyl (C=O) groups excluding carboxylic acids is 1. The van der Waals surface area contributed by atoms with E-state index in [1.54, 1.807) is 0 Å². The number of nitrogens with zero attached hydrogens (tertiary/aromatic N) is 1. The Morgan fingerprint density at radius 3 is 1.85 bits per heavy atom. The van der Waals surface area contributed by atoms with E-state index in [0.717, 1.165) is 15.6 Å². The van der Waals surface area contributed by atoms with Crippen LogP contribution in [-0.2, 0) is 10.2 Å². The second-order valence-corrected chi connectivity index (χ2v) is 7.79. The molecule has 0 aliphatic rings. The molecule has 0 aromatic heterocycles. The van der Waals surface area contributed by atoms with Crippen molar-refractivity contribution >= 4 is 5.91 Å². The van der Waals surface area contributed by atoms with Gasteiger partial charge in [-0.15, -0.1) is 0 Å². The van der Waals surface area contributed by atoms with E-state index >= 15 is 0 Å². The van der Waals surface area contributed by atoms with Crippen LogP contribution in [0, 0.1) is 0 Å². The van der Waals surface area contributed by atoms with Gasteiger partial charge in [-0.05, 0) is 18.1 Å². The van der Waals surface area contributed by atoms with E-state index in [2.05, 4.69) is 33.4 Å². The molecule has 2 N–H and O–H groups in total. The number of nitrogens with one attached hydrogen (secondary N) is 1. The van der Waals surface area contributed by atoms with Gasteiger partial charge >= 0.3 is 0 Å². The summed E-state index contributed by atoms with van der Waals surface area (Å²) >= 11 is 0. The van der Waals surface area contributed by atoms with Crippen molar-refractivity contribution in [1.82, 2.24) is 5.32 Å². The van der Waals surface area contributed by atoms with E-state index in [-0.39, 0.29) is 25.1 Å². The number of amides is 1. The number of quaternary nitrogens is 1. The third-order valence-electron chi connectivity index (χ3n) is 5.24. The molecule has 4 nitrogen and oxygen atoms in total. The molecule has 0 saturated heterocycles. The highest BCUT2D eigenvalue weighted by molar-refractivity contribution is 5.92. The van der Waals surface area contributed by atoms with Crippen LogP contribution in [0.4, 0.5) is 0 Å². The normalized spacial score (nSPS) is 13.3. The second kappa shape index (κ2) is 8.47. The van der Waals surface area contributed by atoms with E-state index in [4.69, 9.17) is 0 Å². The lowest BCUT2D eigenvalue weighted by Crippen LogP contribution is -2.53. The Balaban J connectivity index is 2.65. The molecule has 2 rings (SSSR count). The summed E-state index contributed by atoms with van der Waals surface area (Å²) in [5.74, 6) is -0.0655. The summed E-state index contributed by atoms with van der Waals surface area (Å²) < 4.78 is 0.759. The number of benzene rings is 2. The molecule has 0 heterocycles. The predicted octanol–water partition coefficient (Wildman–Crippen LogP) is 2.57. The highest BCUT2D eigenvalue weighted by Crippen LogP contribution is 2.38. The zero-order chi connectivity index (χ0) is 19.2. The van der Waals surface area contributed by atoms with Gasteiger partial charge in [0.15, 0.2) is 0 Å². The van der Waals surface area contributed by atoms with Gasteiger partial charge in [-0.3, -0.25) is 4.79 Å². The molecule has 140 valence electrons. The molecule has 2 aromatic carbocycles. The molecule has 0 spiro atoms. The van der Waals surface area contributed by atoms with Crippen LogP contribution in [0.1, 0.15) is 24.5 Å². The van der Waals surface area contributed by atoms with Crippen molar-refractivity contribution in [1.29, 1.82) is 0 Å². The van der Waals surface area contributed by atoms with Gasteiger partial charge in [0.25, 0.3) is 0 Å². The monoisotopic (exact) mass is 355 g/mol. The van der Waals surface area contributed by atoms with Crippen molar-refractivity contribution in [3.05, 3.63) is 71.8 Å². The van der Waals surface area contributed by atoms with Crippen molar-refractivity contribution in [2.45, 2.75) is 24.8 Å². The van der Waals surface area contributed by atoms with E-state index in [9.17, 15) is 9.90 Å². The summed E-state index contributed by atoms with van der Waals surface area (Å²) in [5.41, 5.74) is 1.15. The van der Waals surface area contributed by atoms with Crippen molar-refractivity contribution < 1.29 is 14.4 Å². The number of rotatable bonds is 8. The average Bonchev–Trinajstić information content (AvgIpc) is 2.64. The highest BCUT2D eigenvalue weighted by atomic mass is 16.3. The first-order chi connectivity index (χ1) is 12.3. The maximum absolute atomic E-state index is 13.5. The largest absolute Gasteiger partial charge is 0.395 e. The average molecular weight is 356 g/mol. The fraction of sp³-hybridized carbons (Fsp3) is 0.409. The molecule has 0 bridgehead atoms. The van der Waals surface area contributed by atoms with E-state index in [1.807, 2.05) is 60.7 Å². The Bertz CT molecular complexity index is 654. The van der Waals surface area contributed by atoms with Crippen LogP contribution in [0.5, 0.6) is 0 Å². The standard InChI is InChI=1S/C22H30N2O2/c1-18(24(2,3)4)17-22(21(26)23-15-16-25,19-11-7-5-8-12-19)20-13-9-6-10-14-20/h5-14,18,25H,15-17H2,1-4H3/p+1. The van der Waals surface area contributed by atoms with Crippen LogP contribution < -0.4 is 5.32 Å². The first-order valence-electron chi connectivity index (χ1n) is 9.13. The van der Waals surface area contributed by atoms with Crippen LogP contribution in [0.3, 0.4) is 0 Å². The lowest BCUT2D eigenvalue weighted by atomic mass is 9.69. The third-order valence-corrected chi connectivity index (χ3v) is 5.24. The van der Waals surface area contributed by atoms with Gasteiger partial charge in [0.05, 0.1) is 33.8 Å². The first kappa shape index (κ1) is 20.1. The number of carbonyl (C=O) groups is 1. The molecule has 26 heavy (non-hydrogen) atoms. The quantitative estimate of drug-likeness (QED) is 0.715. The zero-order valence-electron chi connectivity index (χ0n) is 16.3. The van der Waals surface area contributed by atoms with Crippen LogP contribution in [0.15, 0.2) is 60.7 Å². The van der Waals surface area contributed by atoms with E-state index < -0.39 is 5.41 Å². The molecule has 0 saturated carbocycles. The summed E-state index contributed by atoms with van der Waals surface area (Å²) in [6.07, 6.45) is 0.668. The van der Waals surface area contributed by atoms with Crippen LogP contribution >= 0.6 is 0 Å². The molecule has 0 aliphatic carbocycles. The molecule has 0 aliphatic heterocycles. The molecule has 1 amide bonds. The molecule has 2 aromatic rings. The fourth-order valence-corrected chi connectivity index (χ4v) is 3.24. The maximum atomic E-state index is 13.5. The minimum absolute atomic E-state index is 0.0655. The van der Waals surface area contributed by atoms with E-state index in [0.29, 0.717) is 6.42 Å². The third kappa shape index (κ3) is 4.32. The van der Waals surface area contributed by atoms with Gasteiger partial charge < -0.3 is 14.9 Å². The van der Waals surface area contributed by atoms with Crippen molar-refractivity contribution in [2.75, 3.05) is 34.3 Å². The number of aliphatic hydroxyl groups excluding tert-OH is 1. The molecular formula is C22H31N2O2+. The minimum Gasteiger partial charge on any atom is -0.395 e. The van der Waals surface area contributed by atoms with Crippen molar-refractivity contribution in [3.63, 3.8) is 0 Å². The Kier molecular flexibility index (Phi) is 6.57. The summed E-state index contributed by atoms with van der Waals surface area (Å²) in [7, 11) is 6.45. The molecule has 1 unspecified atom stereocenters. The van der Waals surface area contributed by atoms with Gasteiger partial charge in [-0.2, -0.15) is 0 Å². The smallest absolute Gasteiger partial charge is 0.235 e. The highest BCUT2D eigenvalue weighted by Gasteiger charge is 2.45. The van der Waals surface area contributed by atoms with E-state index in [1.165, 1.54) is 0 Å². The lowest BCUT2D eigenvalue weighted by Gasteiger charge is -2.40. The number of hydrogen-bond acceptors (Lipinski definition) is 2. The van der Waals surface area contributed by atoms with Gasteiger partial charge in [0.2, 0.25) is 5.91 Å². The predicted molar refractivity (Wildman–Crippen MR) is 106 cm³/mol. The Hall–Kier alpha value is -2.17. The maximum Gasteiger partial charge on any atom is 0.235 e. The Morgan fingerprint density at radius 1 is 1.00 bits per heavy atom. The summed E-state index contributed by atoms with van der Waals surface area (Å²) in [6, 6.07) is 20.2. The molecule has 4 heteroatoms. The minimum atomic E-state index is -0.803. The van der Waals surface area contributed by atoms with Gasteiger partial charge in [-0.25, -0.2) is 0 Å². The van der Waals surface area contributed by atoms with Gasteiger partial charge in [0.1, 0.15) is 5.41 Å². The SMILES string of the molecule is CC(CC(C(=O)NCCO)(c1ccccc1)c1ccccc1)[N+](C)(C)C.